The summed E-state index contributed by atoms with van der Waals surface area (Å²) in [5.74, 6) is 0.119. The van der Waals surface area contributed by atoms with E-state index in [1.807, 2.05) is 0 Å². The molecule has 0 unspecified atom stereocenters. The van der Waals surface area contributed by atoms with E-state index in [2.05, 4.69) is 4.99 Å². The van der Waals surface area contributed by atoms with Gasteiger partial charge in [0.15, 0.2) is 5.96 Å². The molecular formula is C14H20FN3. The second-order valence-electron chi connectivity index (χ2n) is 4.79. The van der Waals surface area contributed by atoms with E-state index < -0.39 is 0 Å². The van der Waals surface area contributed by atoms with Gasteiger partial charge < -0.3 is 10.6 Å². The van der Waals surface area contributed by atoms with Crippen LogP contribution in [0.15, 0.2) is 29.3 Å². The largest absolute Gasteiger partial charge is 0.370 e. The van der Waals surface area contributed by atoms with E-state index in [1.54, 1.807) is 30.1 Å². The van der Waals surface area contributed by atoms with E-state index in [0.29, 0.717) is 17.7 Å². The van der Waals surface area contributed by atoms with E-state index in [4.69, 9.17) is 5.73 Å². The number of hydrogen-bond acceptors (Lipinski definition) is 1. The number of guanidine groups is 1. The predicted molar refractivity (Wildman–Crippen MR) is 73.3 cm³/mol. The fourth-order valence-electron chi connectivity index (χ4n) is 2.33. The first-order valence-electron chi connectivity index (χ1n) is 6.50. The number of aliphatic imine (C=N–C) groups is 1. The molecule has 1 aromatic rings. The molecule has 1 aliphatic rings. The molecule has 98 valence electrons. The quantitative estimate of drug-likeness (QED) is 0.647. The van der Waals surface area contributed by atoms with Crippen molar-refractivity contribution in [2.24, 2.45) is 10.7 Å². The van der Waals surface area contributed by atoms with Crippen LogP contribution in [0, 0.1) is 5.82 Å². The summed E-state index contributed by atoms with van der Waals surface area (Å²) in [4.78, 5) is 6.12. The van der Waals surface area contributed by atoms with Crippen LogP contribution >= 0.6 is 0 Å². The van der Waals surface area contributed by atoms with E-state index in [0.717, 1.165) is 12.8 Å². The van der Waals surface area contributed by atoms with Crippen LogP contribution in [0.1, 0.15) is 32.1 Å². The number of rotatable bonds is 2. The third kappa shape index (κ3) is 3.00. The average molecular weight is 249 g/mol. The summed E-state index contributed by atoms with van der Waals surface area (Å²) in [6.07, 6.45) is 5.89. The van der Waals surface area contributed by atoms with Crippen molar-refractivity contribution in [2.45, 2.75) is 38.1 Å². The van der Waals surface area contributed by atoms with Gasteiger partial charge in [-0.1, -0.05) is 31.4 Å². The maximum absolute atomic E-state index is 13.6. The second kappa shape index (κ2) is 5.85. The molecule has 0 bridgehead atoms. The van der Waals surface area contributed by atoms with Crippen LogP contribution in [0.5, 0.6) is 0 Å². The Morgan fingerprint density at radius 2 is 1.94 bits per heavy atom. The van der Waals surface area contributed by atoms with Crippen molar-refractivity contribution in [3.63, 3.8) is 0 Å². The fourth-order valence-corrected chi connectivity index (χ4v) is 2.33. The van der Waals surface area contributed by atoms with Crippen molar-refractivity contribution in [2.75, 3.05) is 11.9 Å². The molecule has 2 rings (SSSR count). The number of halogens is 1. The van der Waals surface area contributed by atoms with Gasteiger partial charge in [0.25, 0.3) is 0 Å². The Labute approximate surface area is 108 Å². The Kier molecular flexibility index (Phi) is 4.18. The van der Waals surface area contributed by atoms with Crippen molar-refractivity contribution < 1.29 is 4.39 Å². The maximum atomic E-state index is 13.6. The Hall–Kier alpha value is -1.58. The second-order valence-corrected chi connectivity index (χ2v) is 4.79. The number of benzene rings is 1. The Morgan fingerprint density at radius 3 is 2.61 bits per heavy atom. The summed E-state index contributed by atoms with van der Waals surface area (Å²) in [6, 6.07) is 6.90. The van der Waals surface area contributed by atoms with Crippen molar-refractivity contribution in [1.29, 1.82) is 0 Å². The average Bonchev–Trinajstić information content (AvgIpc) is 2.39. The molecule has 1 aromatic carbocycles. The smallest absolute Gasteiger partial charge is 0.195 e. The molecule has 0 amide bonds. The van der Waals surface area contributed by atoms with Crippen LogP contribution in [-0.4, -0.2) is 19.0 Å². The lowest BCUT2D eigenvalue weighted by molar-refractivity contribution is 0.442. The molecule has 0 atom stereocenters. The molecule has 3 nitrogen and oxygen atoms in total. The van der Waals surface area contributed by atoms with Crippen LogP contribution in [0.4, 0.5) is 10.1 Å². The monoisotopic (exact) mass is 249 g/mol. The van der Waals surface area contributed by atoms with Crippen molar-refractivity contribution >= 4 is 11.6 Å². The highest BCUT2D eigenvalue weighted by Crippen LogP contribution is 2.21. The maximum Gasteiger partial charge on any atom is 0.195 e. The van der Waals surface area contributed by atoms with Crippen LogP contribution in [-0.2, 0) is 0 Å². The van der Waals surface area contributed by atoms with Crippen LogP contribution < -0.4 is 10.6 Å². The highest BCUT2D eigenvalue weighted by molar-refractivity contribution is 5.94. The normalized spacial score (nSPS) is 17.8. The molecule has 1 fully saturated rings. The highest BCUT2D eigenvalue weighted by atomic mass is 19.1. The standard InChI is InChI=1S/C14H20FN3/c1-18(13-10-6-5-9-12(13)15)14(16)17-11-7-3-2-4-8-11/h5-6,9-11H,2-4,7-8H2,1H3,(H2,16,17). The van der Waals surface area contributed by atoms with Gasteiger partial charge in [-0.2, -0.15) is 0 Å². The summed E-state index contributed by atoms with van der Waals surface area (Å²) in [5, 5.41) is 0. The van der Waals surface area contributed by atoms with Crippen LogP contribution in [0.25, 0.3) is 0 Å². The number of nitrogens with two attached hydrogens (primary N) is 1. The molecule has 0 heterocycles. The van der Waals surface area contributed by atoms with Gasteiger partial charge in [0.2, 0.25) is 0 Å². The highest BCUT2D eigenvalue weighted by Gasteiger charge is 2.15. The van der Waals surface area contributed by atoms with Gasteiger partial charge in [0.05, 0.1) is 11.7 Å². The third-order valence-corrected chi connectivity index (χ3v) is 3.45. The Morgan fingerprint density at radius 1 is 1.28 bits per heavy atom. The van der Waals surface area contributed by atoms with E-state index >= 15 is 0 Å². The minimum Gasteiger partial charge on any atom is -0.370 e. The molecule has 1 saturated carbocycles. The van der Waals surface area contributed by atoms with Crippen LogP contribution in [0.3, 0.4) is 0 Å². The minimum absolute atomic E-state index is 0.276. The number of nitrogens with zero attached hydrogens (tertiary/aromatic N) is 2. The minimum atomic E-state index is -0.276. The van der Waals surface area contributed by atoms with Gasteiger partial charge in [-0.25, -0.2) is 9.38 Å². The lowest BCUT2D eigenvalue weighted by Crippen LogP contribution is -2.36. The summed E-state index contributed by atoms with van der Waals surface area (Å²) >= 11 is 0. The topological polar surface area (TPSA) is 41.6 Å². The van der Waals surface area contributed by atoms with Crippen molar-refractivity contribution in [3.05, 3.63) is 30.1 Å². The van der Waals surface area contributed by atoms with Crippen molar-refractivity contribution in [3.8, 4) is 0 Å². The zero-order chi connectivity index (χ0) is 13.0. The molecule has 18 heavy (non-hydrogen) atoms. The van der Waals surface area contributed by atoms with Gasteiger partial charge in [-0.3, -0.25) is 0 Å². The van der Waals surface area contributed by atoms with E-state index in [1.165, 1.54) is 25.3 Å². The van der Waals surface area contributed by atoms with Crippen molar-refractivity contribution in [1.82, 2.24) is 0 Å². The van der Waals surface area contributed by atoms with Gasteiger partial charge >= 0.3 is 0 Å². The van der Waals surface area contributed by atoms with Gasteiger partial charge in [-0.15, -0.1) is 0 Å². The van der Waals surface area contributed by atoms with Gasteiger partial charge in [-0.05, 0) is 25.0 Å². The molecule has 0 spiro atoms. The first kappa shape index (κ1) is 12.9. The Bertz CT molecular complexity index is 425. The lowest BCUT2D eigenvalue weighted by atomic mass is 9.96. The SMILES string of the molecule is CN(C(N)=NC1CCCCC1)c1ccccc1F. The number of para-hydroxylation sites is 1. The van der Waals surface area contributed by atoms with E-state index in [9.17, 15) is 4.39 Å². The molecular weight excluding hydrogens is 229 g/mol. The fraction of sp³-hybridized carbons (Fsp3) is 0.500. The summed E-state index contributed by atoms with van der Waals surface area (Å²) < 4.78 is 13.6. The Balaban J connectivity index is 2.10. The third-order valence-electron chi connectivity index (χ3n) is 3.45. The first-order chi connectivity index (χ1) is 8.68. The van der Waals surface area contributed by atoms with Crippen LogP contribution in [0.2, 0.25) is 0 Å². The van der Waals surface area contributed by atoms with Gasteiger partial charge in [0, 0.05) is 7.05 Å². The lowest BCUT2D eigenvalue weighted by Gasteiger charge is -2.23. The zero-order valence-electron chi connectivity index (χ0n) is 10.8. The summed E-state index contributed by atoms with van der Waals surface area (Å²) in [7, 11) is 1.75. The molecule has 1 aliphatic carbocycles. The molecule has 0 saturated heterocycles. The predicted octanol–water partition coefficient (Wildman–Crippen LogP) is 2.91. The molecule has 0 radical (unpaired) electrons. The molecule has 0 aliphatic heterocycles. The van der Waals surface area contributed by atoms with Gasteiger partial charge in [0.1, 0.15) is 5.82 Å². The summed E-state index contributed by atoms with van der Waals surface area (Å²) in [6.45, 7) is 0. The molecule has 0 aromatic heterocycles. The molecule has 2 N–H and O–H groups in total. The molecule has 4 heteroatoms. The van der Waals surface area contributed by atoms with E-state index in [-0.39, 0.29) is 5.82 Å². The number of anilines is 1. The first-order valence-corrected chi connectivity index (χ1v) is 6.50. The zero-order valence-corrected chi connectivity index (χ0v) is 10.8. The number of hydrogen-bond donors (Lipinski definition) is 1. The summed E-state index contributed by atoms with van der Waals surface area (Å²) in [5.41, 5.74) is 6.43.